The van der Waals surface area contributed by atoms with Gasteiger partial charge < -0.3 is 10.1 Å². The largest absolute Gasteiger partial charge is 0.383 e. The van der Waals surface area contributed by atoms with Gasteiger partial charge in [0.2, 0.25) is 0 Å². The zero-order chi connectivity index (χ0) is 26.6. The Hall–Kier alpha value is -4.09. The molecule has 0 aliphatic carbocycles. The smallest absolute Gasteiger partial charge is 0.320 e. The molecule has 9 nitrogen and oxygen atoms in total. The van der Waals surface area contributed by atoms with Crippen LogP contribution in [-0.4, -0.2) is 70.3 Å². The maximum atomic E-state index is 14.1. The summed E-state index contributed by atoms with van der Waals surface area (Å²) in [6, 6.07) is 12.6. The minimum absolute atomic E-state index is 0.227. The van der Waals surface area contributed by atoms with E-state index in [4.69, 9.17) is 9.84 Å². The third-order valence-electron chi connectivity index (χ3n) is 6.82. The van der Waals surface area contributed by atoms with E-state index in [1.807, 2.05) is 37.3 Å². The Kier molecular flexibility index (Phi) is 7.47. The molecular formula is C27H29F2N7O2. The van der Waals surface area contributed by atoms with Crippen molar-refractivity contribution in [2.24, 2.45) is 0 Å². The van der Waals surface area contributed by atoms with Crippen molar-refractivity contribution in [3.63, 3.8) is 0 Å². The Morgan fingerprint density at radius 3 is 2.68 bits per heavy atom. The lowest BCUT2D eigenvalue weighted by Crippen LogP contribution is -2.42. The lowest BCUT2D eigenvalue weighted by Gasteiger charge is -2.21. The van der Waals surface area contributed by atoms with Gasteiger partial charge >= 0.3 is 6.03 Å². The van der Waals surface area contributed by atoms with Crippen molar-refractivity contribution in [3.05, 3.63) is 83.7 Å². The van der Waals surface area contributed by atoms with Crippen LogP contribution in [0.2, 0.25) is 0 Å². The number of H-pyrrole nitrogens is 1. The molecule has 2 amide bonds. The van der Waals surface area contributed by atoms with Crippen molar-refractivity contribution >= 4 is 11.8 Å². The van der Waals surface area contributed by atoms with Gasteiger partial charge in [-0.1, -0.05) is 24.3 Å². The lowest BCUT2D eigenvalue weighted by molar-refractivity contribution is 0.159. The molecule has 2 unspecified atom stereocenters. The molecule has 11 heteroatoms. The molecule has 2 aromatic carbocycles. The first kappa shape index (κ1) is 25.6. The fraction of sp³-hybridized carbons (Fsp3) is 0.296. The zero-order valence-corrected chi connectivity index (χ0v) is 21.1. The van der Waals surface area contributed by atoms with Crippen LogP contribution in [-0.2, 0) is 4.74 Å². The van der Waals surface area contributed by atoms with Gasteiger partial charge in [-0.25, -0.2) is 18.3 Å². The molecule has 1 aliphatic heterocycles. The molecule has 1 aliphatic rings. The van der Waals surface area contributed by atoms with Gasteiger partial charge in [0.15, 0.2) is 11.6 Å². The van der Waals surface area contributed by atoms with E-state index in [9.17, 15) is 13.6 Å². The first-order chi connectivity index (χ1) is 18.4. The normalized spacial score (nSPS) is 17.6. The number of nitrogens with zero attached hydrogens (tertiary/aromatic N) is 4. The van der Waals surface area contributed by atoms with Gasteiger partial charge in [-0.05, 0) is 36.8 Å². The number of rotatable bonds is 8. The molecule has 3 heterocycles. The quantitative estimate of drug-likeness (QED) is 0.324. The number of nitrogens with one attached hydrogen (secondary N) is 3. The van der Waals surface area contributed by atoms with E-state index in [-0.39, 0.29) is 12.0 Å². The fourth-order valence-electron chi connectivity index (χ4n) is 4.88. The van der Waals surface area contributed by atoms with Gasteiger partial charge in [-0.2, -0.15) is 10.2 Å². The molecule has 0 saturated carbocycles. The zero-order valence-electron chi connectivity index (χ0n) is 21.1. The number of para-hydroxylation sites is 1. The van der Waals surface area contributed by atoms with E-state index in [2.05, 4.69) is 25.7 Å². The summed E-state index contributed by atoms with van der Waals surface area (Å²) in [5.41, 5.74) is 3.66. The van der Waals surface area contributed by atoms with E-state index in [1.54, 1.807) is 30.3 Å². The van der Waals surface area contributed by atoms with Crippen molar-refractivity contribution in [2.75, 3.05) is 38.7 Å². The average molecular weight is 522 g/mol. The predicted octanol–water partition coefficient (Wildman–Crippen LogP) is 4.08. The Bertz CT molecular complexity index is 1390. The summed E-state index contributed by atoms with van der Waals surface area (Å²) in [4.78, 5) is 15.5. The molecular weight excluding hydrogens is 492 g/mol. The maximum absolute atomic E-state index is 14.1. The van der Waals surface area contributed by atoms with Gasteiger partial charge in [0.1, 0.15) is 11.5 Å². The third-order valence-corrected chi connectivity index (χ3v) is 6.82. The Labute approximate surface area is 218 Å². The first-order valence-corrected chi connectivity index (χ1v) is 12.3. The molecule has 0 spiro atoms. The minimum atomic E-state index is -0.907. The topological polar surface area (TPSA) is 100 Å². The highest BCUT2D eigenvalue weighted by atomic mass is 19.2. The van der Waals surface area contributed by atoms with E-state index >= 15 is 0 Å². The van der Waals surface area contributed by atoms with Crippen LogP contribution < -0.4 is 10.6 Å². The first-order valence-electron chi connectivity index (χ1n) is 12.3. The van der Waals surface area contributed by atoms with Crippen LogP contribution in [0, 0.1) is 18.6 Å². The molecule has 2 aromatic heterocycles. The molecule has 3 N–H and O–H groups in total. The SMILES string of the molecule is COCCN1CC(NC(=O)Nc2c(C)c(-c3cn[nH]c3)nn2-c2ccccc2)C(c2ccc(F)c(F)c2)C1. The number of hydrogen-bond donors (Lipinski definition) is 3. The number of anilines is 1. The summed E-state index contributed by atoms with van der Waals surface area (Å²) < 4.78 is 34.5. The third kappa shape index (κ3) is 5.29. The molecule has 4 aromatic rings. The Morgan fingerprint density at radius 1 is 1.16 bits per heavy atom. The number of ether oxygens (including phenoxy) is 1. The van der Waals surface area contributed by atoms with Crippen LogP contribution in [0.1, 0.15) is 17.0 Å². The van der Waals surface area contributed by atoms with Gasteiger partial charge in [-0.15, -0.1) is 0 Å². The number of likely N-dealkylation sites (tertiary alicyclic amines) is 1. The predicted molar refractivity (Wildman–Crippen MR) is 139 cm³/mol. The maximum Gasteiger partial charge on any atom is 0.320 e. The molecule has 1 saturated heterocycles. The van der Waals surface area contributed by atoms with Crippen LogP contribution in [0.4, 0.5) is 19.4 Å². The van der Waals surface area contributed by atoms with Crippen molar-refractivity contribution < 1.29 is 18.3 Å². The second-order valence-corrected chi connectivity index (χ2v) is 9.29. The van der Waals surface area contributed by atoms with E-state index in [0.717, 1.165) is 22.9 Å². The number of methoxy groups -OCH3 is 1. The highest BCUT2D eigenvalue weighted by molar-refractivity contribution is 5.91. The standard InChI is InChI=1S/C27H29F2N7O2/c1-17-25(19-13-30-31-14-19)34-36(20-6-4-3-5-7-20)26(17)33-27(37)32-24-16-35(10-11-38-2)15-21(24)18-8-9-22(28)23(29)12-18/h3-9,12-14,21,24H,10-11,15-16H2,1-2H3,(H,30,31)(H2,32,33,37). The van der Waals surface area contributed by atoms with E-state index in [1.165, 1.54) is 6.07 Å². The van der Waals surface area contributed by atoms with Crippen molar-refractivity contribution in [2.45, 2.75) is 18.9 Å². The summed E-state index contributed by atoms with van der Waals surface area (Å²) in [5, 5.41) is 17.6. The minimum Gasteiger partial charge on any atom is -0.383 e. The van der Waals surface area contributed by atoms with E-state index < -0.39 is 17.7 Å². The second-order valence-electron chi connectivity index (χ2n) is 9.29. The Morgan fingerprint density at radius 2 is 1.97 bits per heavy atom. The number of benzene rings is 2. The number of urea groups is 1. The number of aromatic nitrogens is 4. The molecule has 0 bridgehead atoms. The monoisotopic (exact) mass is 521 g/mol. The van der Waals surface area contributed by atoms with Crippen LogP contribution in [0.15, 0.2) is 60.9 Å². The van der Waals surface area contributed by atoms with E-state index in [0.29, 0.717) is 43.3 Å². The summed E-state index contributed by atoms with van der Waals surface area (Å²) >= 11 is 0. The molecule has 38 heavy (non-hydrogen) atoms. The number of carbonyl (C=O) groups is 1. The molecule has 1 fully saturated rings. The highest BCUT2D eigenvalue weighted by Crippen LogP contribution is 2.31. The molecule has 0 radical (unpaired) electrons. The summed E-state index contributed by atoms with van der Waals surface area (Å²) in [6.07, 6.45) is 3.42. The van der Waals surface area contributed by atoms with Gasteiger partial charge in [0.25, 0.3) is 0 Å². The average Bonchev–Trinajstić information content (AvgIpc) is 3.65. The molecule has 5 rings (SSSR count). The van der Waals surface area contributed by atoms with Crippen molar-refractivity contribution in [3.8, 4) is 16.9 Å². The number of amides is 2. The van der Waals surface area contributed by atoms with Gasteiger partial charge in [0.05, 0.1) is 24.5 Å². The van der Waals surface area contributed by atoms with Gasteiger partial charge in [0, 0.05) is 50.0 Å². The number of halogens is 2. The highest BCUT2D eigenvalue weighted by Gasteiger charge is 2.35. The van der Waals surface area contributed by atoms with Crippen LogP contribution in [0.25, 0.3) is 16.9 Å². The number of hydrogen-bond acceptors (Lipinski definition) is 5. The van der Waals surface area contributed by atoms with Crippen LogP contribution >= 0.6 is 0 Å². The Balaban J connectivity index is 1.41. The summed E-state index contributed by atoms with van der Waals surface area (Å²) in [6.45, 7) is 4.18. The van der Waals surface area contributed by atoms with Crippen molar-refractivity contribution in [1.82, 2.24) is 30.2 Å². The van der Waals surface area contributed by atoms with Crippen LogP contribution in [0.5, 0.6) is 0 Å². The fourth-order valence-corrected chi connectivity index (χ4v) is 4.88. The molecule has 2 atom stereocenters. The van der Waals surface area contributed by atoms with Crippen molar-refractivity contribution in [1.29, 1.82) is 0 Å². The number of carbonyl (C=O) groups excluding carboxylic acids is 1. The van der Waals surface area contributed by atoms with Gasteiger partial charge in [-0.3, -0.25) is 15.3 Å². The second kappa shape index (κ2) is 11.1. The summed E-state index contributed by atoms with van der Waals surface area (Å²) in [5.74, 6) is -1.52. The molecule has 198 valence electrons. The van der Waals surface area contributed by atoms with Crippen LogP contribution in [0.3, 0.4) is 0 Å². The number of aromatic amines is 1. The summed E-state index contributed by atoms with van der Waals surface area (Å²) in [7, 11) is 1.63. The lowest BCUT2D eigenvalue weighted by atomic mass is 9.94.